The van der Waals surface area contributed by atoms with Gasteiger partial charge in [0.1, 0.15) is 4.88 Å². The van der Waals surface area contributed by atoms with Gasteiger partial charge in [-0.3, -0.25) is 4.79 Å². The first kappa shape index (κ1) is 21.4. The Balaban J connectivity index is 1.69. The number of ether oxygens (including phenoxy) is 1. The summed E-state index contributed by atoms with van der Waals surface area (Å²) in [6.07, 6.45) is 0.629. The Morgan fingerprint density at radius 3 is 2.62 bits per heavy atom. The standard InChI is InChI=1S/C19H23N3O5S2/c1-14-6-3-4-7-15(14)12-21-9-5-10-22(29(21,25)26)13-17(23)20-16-8-11-28-18(16)19(24)27-2/h3-4,6-8,11H,5,9-10,12-13H2,1-2H3,(H,20,23). The second-order valence-electron chi connectivity index (χ2n) is 6.66. The van der Waals surface area contributed by atoms with Crippen molar-refractivity contribution in [1.82, 2.24) is 8.61 Å². The van der Waals surface area contributed by atoms with Gasteiger partial charge in [0.15, 0.2) is 0 Å². The number of nitrogens with one attached hydrogen (secondary N) is 1. The molecule has 3 rings (SSSR count). The molecule has 0 atom stereocenters. The quantitative estimate of drug-likeness (QED) is 0.699. The van der Waals surface area contributed by atoms with Crippen molar-refractivity contribution in [2.45, 2.75) is 19.9 Å². The molecule has 0 saturated carbocycles. The molecule has 1 aliphatic heterocycles. The molecule has 0 bridgehead atoms. The molecule has 1 aromatic heterocycles. The van der Waals surface area contributed by atoms with E-state index in [1.165, 1.54) is 15.7 Å². The van der Waals surface area contributed by atoms with E-state index in [1.807, 2.05) is 31.2 Å². The van der Waals surface area contributed by atoms with Gasteiger partial charge in [0.05, 0.1) is 19.3 Å². The predicted molar refractivity (Wildman–Crippen MR) is 111 cm³/mol. The van der Waals surface area contributed by atoms with Crippen molar-refractivity contribution in [3.05, 3.63) is 51.7 Å². The maximum Gasteiger partial charge on any atom is 0.350 e. The minimum absolute atomic E-state index is 0.267. The summed E-state index contributed by atoms with van der Waals surface area (Å²) in [7, 11) is -2.51. The number of esters is 1. The number of anilines is 1. The van der Waals surface area contributed by atoms with Gasteiger partial charge >= 0.3 is 5.97 Å². The SMILES string of the molecule is COC(=O)c1sccc1NC(=O)CN1CCCN(Cc2ccccc2C)S1(=O)=O. The van der Waals surface area contributed by atoms with E-state index >= 15 is 0 Å². The molecule has 2 aromatic rings. The molecular formula is C19H23N3O5S2. The van der Waals surface area contributed by atoms with Crippen molar-refractivity contribution in [2.24, 2.45) is 0 Å². The molecule has 1 aromatic carbocycles. The van der Waals surface area contributed by atoms with Gasteiger partial charge in [-0.15, -0.1) is 11.3 Å². The van der Waals surface area contributed by atoms with Crippen LogP contribution in [0.15, 0.2) is 35.7 Å². The van der Waals surface area contributed by atoms with Crippen LogP contribution < -0.4 is 5.32 Å². The molecule has 2 heterocycles. The van der Waals surface area contributed by atoms with Gasteiger partial charge in [0.25, 0.3) is 10.2 Å². The summed E-state index contributed by atoms with van der Waals surface area (Å²) in [5.41, 5.74) is 2.27. The van der Waals surface area contributed by atoms with Gasteiger partial charge in [-0.25, -0.2) is 4.79 Å². The van der Waals surface area contributed by atoms with Gasteiger partial charge in [-0.2, -0.15) is 17.0 Å². The number of amides is 1. The summed E-state index contributed by atoms with van der Waals surface area (Å²) in [6.45, 7) is 2.57. The van der Waals surface area contributed by atoms with Gasteiger partial charge in [-0.05, 0) is 35.9 Å². The maximum atomic E-state index is 13.0. The first-order valence-corrected chi connectivity index (χ1v) is 11.4. The topological polar surface area (TPSA) is 96.0 Å². The smallest absolute Gasteiger partial charge is 0.350 e. The first-order valence-electron chi connectivity index (χ1n) is 9.08. The van der Waals surface area contributed by atoms with Crippen LogP contribution in [0.4, 0.5) is 5.69 Å². The Morgan fingerprint density at radius 1 is 1.17 bits per heavy atom. The van der Waals surface area contributed by atoms with Crippen LogP contribution in [0.3, 0.4) is 0 Å². The Hall–Kier alpha value is -2.27. The molecule has 1 N–H and O–H groups in total. The van der Waals surface area contributed by atoms with Crippen LogP contribution in [-0.2, 0) is 26.3 Å². The average molecular weight is 438 g/mol. The molecule has 1 amide bonds. The van der Waals surface area contributed by atoms with Crippen LogP contribution in [0.1, 0.15) is 27.2 Å². The fourth-order valence-electron chi connectivity index (χ4n) is 3.12. The number of thiophene rings is 1. The number of carbonyl (C=O) groups is 2. The van der Waals surface area contributed by atoms with Crippen LogP contribution in [-0.4, -0.2) is 55.6 Å². The number of nitrogens with zero attached hydrogens (tertiary/aromatic N) is 2. The highest BCUT2D eigenvalue weighted by Crippen LogP contribution is 2.24. The molecule has 10 heteroatoms. The third-order valence-electron chi connectivity index (χ3n) is 4.71. The summed E-state index contributed by atoms with van der Waals surface area (Å²) >= 11 is 1.14. The molecule has 0 spiro atoms. The molecule has 8 nitrogen and oxygen atoms in total. The molecule has 0 unspecified atom stereocenters. The fourth-order valence-corrected chi connectivity index (χ4v) is 5.52. The first-order chi connectivity index (χ1) is 13.8. The van der Waals surface area contributed by atoms with E-state index in [-0.39, 0.29) is 24.5 Å². The maximum absolute atomic E-state index is 13.0. The second kappa shape index (κ2) is 9.04. The van der Waals surface area contributed by atoms with Gasteiger partial charge < -0.3 is 10.1 Å². The van der Waals surface area contributed by atoms with Crippen LogP contribution >= 0.6 is 11.3 Å². The van der Waals surface area contributed by atoms with Gasteiger partial charge in [0, 0.05) is 19.6 Å². The highest BCUT2D eigenvalue weighted by molar-refractivity contribution is 7.86. The molecule has 0 aliphatic carbocycles. The Kier molecular flexibility index (Phi) is 6.68. The van der Waals surface area contributed by atoms with Gasteiger partial charge in [-0.1, -0.05) is 24.3 Å². The molecule has 156 valence electrons. The lowest BCUT2D eigenvalue weighted by Crippen LogP contribution is -2.51. The van der Waals surface area contributed by atoms with E-state index in [0.717, 1.165) is 22.5 Å². The minimum Gasteiger partial charge on any atom is -0.465 e. The average Bonchev–Trinajstić information content (AvgIpc) is 3.14. The number of methoxy groups -OCH3 is 1. The zero-order valence-electron chi connectivity index (χ0n) is 16.3. The van der Waals surface area contributed by atoms with Crippen molar-refractivity contribution >= 4 is 39.1 Å². The van der Waals surface area contributed by atoms with E-state index in [2.05, 4.69) is 10.1 Å². The van der Waals surface area contributed by atoms with Crippen molar-refractivity contribution in [3.8, 4) is 0 Å². The van der Waals surface area contributed by atoms with Crippen molar-refractivity contribution < 1.29 is 22.7 Å². The summed E-state index contributed by atoms with van der Waals surface area (Å²) in [6, 6.07) is 9.22. The van der Waals surface area contributed by atoms with Crippen molar-refractivity contribution in [3.63, 3.8) is 0 Å². The lowest BCUT2D eigenvalue weighted by atomic mass is 10.1. The van der Waals surface area contributed by atoms with E-state index < -0.39 is 22.1 Å². The summed E-state index contributed by atoms with van der Waals surface area (Å²) in [4.78, 5) is 24.5. The molecule has 0 radical (unpaired) electrons. The van der Waals surface area contributed by atoms with E-state index in [9.17, 15) is 18.0 Å². The summed E-state index contributed by atoms with van der Waals surface area (Å²) in [5.74, 6) is -1.06. The summed E-state index contributed by atoms with van der Waals surface area (Å²) in [5, 5.41) is 4.27. The highest BCUT2D eigenvalue weighted by atomic mass is 32.2. The largest absolute Gasteiger partial charge is 0.465 e. The zero-order valence-corrected chi connectivity index (χ0v) is 17.9. The molecule has 1 aliphatic rings. The Bertz CT molecular complexity index is 1000. The van der Waals surface area contributed by atoms with Crippen LogP contribution in [0, 0.1) is 6.92 Å². The van der Waals surface area contributed by atoms with Crippen molar-refractivity contribution in [1.29, 1.82) is 0 Å². The third-order valence-corrected chi connectivity index (χ3v) is 7.53. The number of aryl methyl sites for hydroxylation is 1. The second-order valence-corrected chi connectivity index (χ2v) is 9.50. The predicted octanol–water partition coefficient (Wildman–Crippen LogP) is 2.23. The number of rotatable bonds is 6. The van der Waals surface area contributed by atoms with E-state index in [1.54, 1.807) is 11.4 Å². The number of benzene rings is 1. The number of carbonyl (C=O) groups excluding carboxylic acids is 2. The Morgan fingerprint density at radius 2 is 1.90 bits per heavy atom. The normalized spacial score (nSPS) is 17.0. The third kappa shape index (κ3) is 4.84. The minimum atomic E-state index is -3.77. The van der Waals surface area contributed by atoms with E-state index in [0.29, 0.717) is 18.7 Å². The Labute approximate surface area is 174 Å². The van der Waals surface area contributed by atoms with Crippen molar-refractivity contribution in [2.75, 3.05) is 32.1 Å². The molecule has 1 saturated heterocycles. The number of hydrogen-bond acceptors (Lipinski definition) is 6. The zero-order chi connectivity index (χ0) is 21.0. The van der Waals surface area contributed by atoms with Crippen LogP contribution in [0.5, 0.6) is 0 Å². The van der Waals surface area contributed by atoms with Crippen LogP contribution in [0.25, 0.3) is 0 Å². The molecule has 1 fully saturated rings. The number of hydrogen-bond donors (Lipinski definition) is 1. The highest BCUT2D eigenvalue weighted by Gasteiger charge is 2.35. The lowest BCUT2D eigenvalue weighted by Gasteiger charge is -2.34. The molecular weight excluding hydrogens is 414 g/mol. The summed E-state index contributed by atoms with van der Waals surface area (Å²) < 4.78 is 33.2. The van der Waals surface area contributed by atoms with E-state index in [4.69, 9.17) is 0 Å². The monoisotopic (exact) mass is 437 g/mol. The lowest BCUT2D eigenvalue weighted by molar-refractivity contribution is -0.116. The van der Waals surface area contributed by atoms with Crippen LogP contribution in [0.2, 0.25) is 0 Å². The molecule has 29 heavy (non-hydrogen) atoms. The fraction of sp³-hybridized carbons (Fsp3) is 0.368. The van der Waals surface area contributed by atoms with Gasteiger partial charge in [0.2, 0.25) is 5.91 Å².